The van der Waals surface area contributed by atoms with Gasteiger partial charge in [-0.15, -0.1) is 0 Å². The van der Waals surface area contributed by atoms with Gasteiger partial charge in [0.05, 0.1) is 18.5 Å². The fourth-order valence-electron chi connectivity index (χ4n) is 3.35. The van der Waals surface area contributed by atoms with Gasteiger partial charge in [0.15, 0.2) is 0 Å². The summed E-state index contributed by atoms with van der Waals surface area (Å²) in [5, 5.41) is 6.48. The zero-order valence-corrected chi connectivity index (χ0v) is 19.4. The highest BCUT2D eigenvalue weighted by Crippen LogP contribution is 2.49. The molecular formula is C21H19Cl2F3N2O3S. The number of oxime groups is 1. The van der Waals surface area contributed by atoms with Crippen molar-refractivity contribution in [3.63, 3.8) is 0 Å². The average Bonchev–Trinajstić information content (AvgIpc) is 3.13. The molecule has 0 aromatic heterocycles. The Labute approximate surface area is 196 Å². The van der Waals surface area contributed by atoms with Gasteiger partial charge in [-0.1, -0.05) is 45.6 Å². The smallest absolute Gasteiger partial charge is 0.435 e. The summed E-state index contributed by atoms with van der Waals surface area (Å²) in [6.07, 6.45) is -3.84. The number of halogens is 5. The van der Waals surface area contributed by atoms with Crippen molar-refractivity contribution in [1.82, 2.24) is 5.32 Å². The van der Waals surface area contributed by atoms with E-state index in [1.807, 2.05) is 0 Å². The molecule has 5 nitrogen and oxygen atoms in total. The number of nitrogens with zero attached hydrogens (tertiary/aromatic N) is 1. The van der Waals surface area contributed by atoms with E-state index in [1.54, 1.807) is 13.0 Å². The second kappa shape index (κ2) is 9.51. The highest BCUT2D eigenvalue weighted by molar-refractivity contribution is 7.90. The Morgan fingerprint density at radius 3 is 2.47 bits per heavy atom. The summed E-state index contributed by atoms with van der Waals surface area (Å²) in [4.78, 5) is 17.3. The van der Waals surface area contributed by atoms with Crippen LogP contribution in [0.25, 0.3) is 0 Å². The van der Waals surface area contributed by atoms with Gasteiger partial charge >= 0.3 is 6.18 Å². The summed E-state index contributed by atoms with van der Waals surface area (Å²) in [7, 11) is 0. The normalized spacial score (nSPS) is 19.3. The average molecular weight is 507 g/mol. The highest BCUT2D eigenvalue weighted by Gasteiger charge is 2.62. The van der Waals surface area contributed by atoms with Gasteiger partial charge < -0.3 is 14.7 Å². The van der Waals surface area contributed by atoms with Crippen molar-refractivity contribution in [3.8, 4) is 0 Å². The Hall–Kier alpha value is -1.94. The molecule has 1 heterocycles. The lowest BCUT2D eigenvalue weighted by Gasteiger charge is -2.29. The van der Waals surface area contributed by atoms with E-state index >= 15 is 0 Å². The van der Waals surface area contributed by atoms with Crippen molar-refractivity contribution >= 4 is 46.0 Å². The minimum atomic E-state index is -4.79. The topological polar surface area (TPSA) is 73.8 Å². The number of carbonyl (C=O) groups excluding carboxylic acids is 1. The molecule has 2 unspecified atom stereocenters. The number of carbonyl (C=O) groups is 1. The van der Waals surface area contributed by atoms with E-state index in [-0.39, 0.29) is 33.8 Å². The van der Waals surface area contributed by atoms with E-state index in [4.69, 9.17) is 28.0 Å². The fourth-order valence-corrected chi connectivity index (χ4v) is 4.26. The molecule has 1 amide bonds. The van der Waals surface area contributed by atoms with Crippen LogP contribution in [-0.2, 0) is 21.6 Å². The summed E-state index contributed by atoms with van der Waals surface area (Å²) in [6, 6.07) is 8.24. The van der Waals surface area contributed by atoms with E-state index in [0.29, 0.717) is 22.4 Å². The molecule has 1 N–H and O–H groups in total. The number of amides is 1. The quantitative estimate of drug-likeness (QED) is 0.560. The zero-order chi connectivity index (χ0) is 23.7. The molecule has 2 aromatic carbocycles. The SMILES string of the molecule is Cc1cc(C2=NOC(c3cc(Cl)cc(Cl)c3)(C(F)(F)F)C2)ccc1C(=O)NCC[S+](C)[O-]. The predicted octanol–water partition coefficient (Wildman–Crippen LogP) is 4.99. The minimum Gasteiger partial charge on any atom is -0.617 e. The van der Waals surface area contributed by atoms with Crippen LogP contribution in [0.5, 0.6) is 0 Å². The monoisotopic (exact) mass is 506 g/mol. The molecule has 0 saturated carbocycles. The molecule has 3 rings (SSSR count). The molecule has 0 saturated heterocycles. The van der Waals surface area contributed by atoms with Gasteiger partial charge in [-0.3, -0.25) is 4.79 Å². The summed E-state index contributed by atoms with van der Waals surface area (Å²) >= 11 is 10.8. The van der Waals surface area contributed by atoms with Crippen molar-refractivity contribution in [2.75, 3.05) is 18.6 Å². The van der Waals surface area contributed by atoms with E-state index in [9.17, 15) is 22.5 Å². The lowest BCUT2D eigenvalue weighted by atomic mass is 9.86. The van der Waals surface area contributed by atoms with Gasteiger partial charge in [-0.05, 0) is 48.4 Å². The van der Waals surface area contributed by atoms with Crippen LogP contribution in [0.15, 0.2) is 41.6 Å². The summed E-state index contributed by atoms with van der Waals surface area (Å²) < 4.78 is 53.5. The third-order valence-corrected chi connectivity index (χ3v) is 6.21. The number of hydrogen-bond donors (Lipinski definition) is 1. The first-order valence-electron chi connectivity index (χ1n) is 9.40. The maximum atomic E-state index is 14.1. The van der Waals surface area contributed by atoms with Crippen molar-refractivity contribution < 1.29 is 27.4 Å². The molecule has 0 radical (unpaired) electrons. The Balaban J connectivity index is 1.85. The van der Waals surface area contributed by atoms with Gasteiger partial charge in [0.1, 0.15) is 5.75 Å². The van der Waals surface area contributed by atoms with E-state index in [0.717, 1.165) is 12.1 Å². The van der Waals surface area contributed by atoms with Crippen LogP contribution in [0.3, 0.4) is 0 Å². The maximum Gasteiger partial charge on any atom is 0.435 e. The summed E-state index contributed by atoms with van der Waals surface area (Å²) in [5.41, 5.74) is -1.59. The Kier molecular flexibility index (Phi) is 7.34. The standard InChI is InChI=1S/C21H19Cl2F3N2O3S/c1-12-7-13(3-4-17(12)19(29)27-5-6-32(2)30)18-11-20(31-28-18,21(24,25)26)14-8-15(22)10-16(23)9-14/h3-4,7-10H,5-6,11H2,1-2H3,(H,27,29). The number of alkyl halides is 3. The Morgan fingerprint density at radius 1 is 1.25 bits per heavy atom. The third-order valence-electron chi connectivity index (χ3n) is 4.99. The lowest BCUT2D eigenvalue weighted by molar-refractivity contribution is -0.275. The van der Waals surface area contributed by atoms with Gasteiger partial charge in [0.25, 0.3) is 11.5 Å². The van der Waals surface area contributed by atoms with Crippen molar-refractivity contribution in [3.05, 3.63) is 68.7 Å². The van der Waals surface area contributed by atoms with Crippen molar-refractivity contribution in [2.45, 2.75) is 25.1 Å². The molecule has 0 spiro atoms. The van der Waals surface area contributed by atoms with Crippen LogP contribution < -0.4 is 5.32 Å². The fraction of sp³-hybridized carbons (Fsp3) is 0.333. The predicted molar refractivity (Wildman–Crippen MR) is 119 cm³/mol. The maximum absolute atomic E-state index is 14.1. The van der Waals surface area contributed by atoms with E-state index in [2.05, 4.69) is 10.5 Å². The first kappa shape index (κ1) is 24.7. The molecule has 172 valence electrons. The van der Waals surface area contributed by atoms with E-state index in [1.165, 1.54) is 24.5 Å². The molecule has 2 aromatic rings. The van der Waals surface area contributed by atoms with Crippen LogP contribution in [0.4, 0.5) is 13.2 Å². The highest BCUT2D eigenvalue weighted by atomic mass is 35.5. The summed E-state index contributed by atoms with van der Waals surface area (Å²) in [5.74, 6) is -0.0355. The molecule has 1 aliphatic heterocycles. The van der Waals surface area contributed by atoms with Gasteiger partial charge in [-0.25, -0.2) is 0 Å². The lowest BCUT2D eigenvalue weighted by Crippen LogP contribution is -2.42. The molecule has 1 aliphatic rings. The van der Waals surface area contributed by atoms with Crippen molar-refractivity contribution in [2.24, 2.45) is 5.16 Å². The molecule has 32 heavy (non-hydrogen) atoms. The Bertz CT molecular complexity index is 1040. The number of rotatable bonds is 6. The number of hydrogen-bond acceptors (Lipinski definition) is 4. The van der Waals surface area contributed by atoms with Crippen LogP contribution in [0, 0.1) is 6.92 Å². The van der Waals surface area contributed by atoms with Crippen LogP contribution in [-0.4, -0.2) is 40.9 Å². The second-order valence-corrected chi connectivity index (χ2v) is 9.78. The summed E-state index contributed by atoms with van der Waals surface area (Å²) in [6.45, 7) is 1.92. The molecule has 0 fully saturated rings. The molecule has 11 heteroatoms. The third kappa shape index (κ3) is 5.17. The van der Waals surface area contributed by atoms with Crippen LogP contribution in [0.2, 0.25) is 10.0 Å². The number of nitrogens with one attached hydrogen (secondary N) is 1. The largest absolute Gasteiger partial charge is 0.617 e. The number of benzene rings is 2. The molecular weight excluding hydrogens is 488 g/mol. The van der Waals surface area contributed by atoms with Gasteiger partial charge in [0, 0.05) is 27.6 Å². The molecule has 2 atom stereocenters. The van der Waals surface area contributed by atoms with Gasteiger partial charge in [0.2, 0.25) is 0 Å². The van der Waals surface area contributed by atoms with Crippen molar-refractivity contribution in [1.29, 1.82) is 0 Å². The van der Waals surface area contributed by atoms with Crippen LogP contribution >= 0.6 is 23.2 Å². The first-order valence-corrected chi connectivity index (χ1v) is 11.9. The molecule has 0 bridgehead atoms. The van der Waals surface area contributed by atoms with Crippen LogP contribution in [0.1, 0.15) is 33.5 Å². The van der Waals surface area contributed by atoms with Gasteiger partial charge in [-0.2, -0.15) is 13.2 Å². The Morgan fingerprint density at radius 2 is 1.91 bits per heavy atom. The van der Waals surface area contributed by atoms with E-state index < -0.39 is 29.4 Å². The molecule has 0 aliphatic carbocycles. The first-order chi connectivity index (χ1) is 14.9. The second-order valence-electron chi connectivity index (χ2n) is 7.35. The zero-order valence-electron chi connectivity index (χ0n) is 17.1. The minimum absolute atomic E-state index is 0.0475. The number of aryl methyl sites for hydroxylation is 1.